The van der Waals surface area contributed by atoms with Gasteiger partial charge in [0.05, 0.1) is 6.54 Å². The minimum Gasteiger partial charge on any atom is -0.376 e. The number of hydrogen-bond acceptors (Lipinski definition) is 3. The zero-order valence-corrected chi connectivity index (χ0v) is 11.0. The van der Waals surface area contributed by atoms with E-state index in [0.717, 1.165) is 25.2 Å². The van der Waals surface area contributed by atoms with E-state index in [1.165, 1.54) is 11.1 Å². The van der Waals surface area contributed by atoms with Crippen molar-refractivity contribution in [3.05, 3.63) is 29.3 Å². The van der Waals surface area contributed by atoms with Gasteiger partial charge in [-0.2, -0.15) is 0 Å². The van der Waals surface area contributed by atoms with E-state index in [0.29, 0.717) is 6.54 Å². The van der Waals surface area contributed by atoms with Gasteiger partial charge in [-0.05, 0) is 37.9 Å². The molecule has 0 radical (unpaired) electrons. The van der Waals surface area contributed by atoms with E-state index in [-0.39, 0.29) is 11.9 Å². The van der Waals surface area contributed by atoms with Crippen molar-refractivity contribution in [2.24, 2.45) is 0 Å². The maximum Gasteiger partial charge on any atom is 0.239 e. The topological polar surface area (TPSA) is 53.2 Å². The van der Waals surface area contributed by atoms with Crippen molar-refractivity contribution in [1.29, 1.82) is 0 Å². The molecule has 4 heteroatoms. The number of aryl methyl sites for hydroxylation is 2. The highest BCUT2D eigenvalue weighted by atomic mass is 16.2. The Morgan fingerprint density at radius 1 is 1.39 bits per heavy atom. The summed E-state index contributed by atoms with van der Waals surface area (Å²) in [5, 5.41) is 9.48. The summed E-state index contributed by atoms with van der Waals surface area (Å²) in [6.45, 7) is 6.31. The first-order chi connectivity index (χ1) is 8.66. The normalized spacial score (nSPS) is 18.7. The Labute approximate surface area is 108 Å². The molecule has 0 saturated carbocycles. The van der Waals surface area contributed by atoms with Crippen molar-refractivity contribution in [2.75, 3.05) is 25.0 Å². The number of benzene rings is 1. The van der Waals surface area contributed by atoms with E-state index in [1.807, 2.05) is 32.0 Å². The molecule has 1 aromatic rings. The van der Waals surface area contributed by atoms with Crippen LogP contribution in [0.4, 0.5) is 5.69 Å². The molecule has 2 rings (SSSR count). The summed E-state index contributed by atoms with van der Waals surface area (Å²) < 4.78 is 0. The second-order valence-electron chi connectivity index (χ2n) is 4.88. The van der Waals surface area contributed by atoms with E-state index >= 15 is 0 Å². The van der Waals surface area contributed by atoms with Crippen LogP contribution in [0.25, 0.3) is 0 Å². The van der Waals surface area contributed by atoms with Crippen molar-refractivity contribution in [2.45, 2.75) is 26.3 Å². The zero-order valence-electron chi connectivity index (χ0n) is 11.0. The van der Waals surface area contributed by atoms with Gasteiger partial charge in [-0.25, -0.2) is 0 Å². The smallest absolute Gasteiger partial charge is 0.239 e. The Morgan fingerprint density at radius 2 is 2.11 bits per heavy atom. The molecule has 1 amide bonds. The third-order valence-electron chi connectivity index (χ3n) is 3.33. The SMILES string of the molecule is Cc1cccc(C)c1NCC(=O)NC1CCNC1. The molecule has 0 spiro atoms. The standard InChI is InChI=1S/C14H21N3O/c1-10-4-3-5-11(2)14(10)16-9-13(18)17-12-6-7-15-8-12/h3-5,12,15-16H,6-9H2,1-2H3,(H,17,18). The molecule has 3 N–H and O–H groups in total. The molecule has 0 aliphatic carbocycles. The summed E-state index contributed by atoms with van der Waals surface area (Å²) >= 11 is 0. The molecular formula is C14H21N3O. The summed E-state index contributed by atoms with van der Waals surface area (Å²) in [4.78, 5) is 11.8. The van der Waals surface area contributed by atoms with Crippen molar-refractivity contribution in [3.63, 3.8) is 0 Å². The number of nitrogens with one attached hydrogen (secondary N) is 3. The molecule has 1 heterocycles. The first-order valence-corrected chi connectivity index (χ1v) is 6.47. The molecule has 18 heavy (non-hydrogen) atoms. The van der Waals surface area contributed by atoms with Gasteiger partial charge in [0.1, 0.15) is 0 Å². The molecule has 1 unspecified atom stereocenters. The van der Waals surface area contributed by atoms with Crippen LogP contribution in [0, 0.1) is 13.8 Å². The number of carbonyl (C=O) groups is 1. The maximum atomic E-state index is 11.8. The Hall–Kier alpha value is -1.55. The lowest BCUT2D eigenvalue weighted by molar-refractivity contribution is -0.119. The maximum absolute atomic E-state index is 11.8. The van der Waals surface area contributed by atoms with Gasteiger partial charge >= 0.3 is 0 Å². The lowest BCUT2D eigenvalue weighted by Crippen LogP contribution is -2.39. The summed E-state index contributed by atoms with van der Waals surface area (Å²) in [5.41, 5.74) is 3.41. The molecular weight excluding hydrogens is 226 g/mol. The molecule has 1 aliphatic heterocycles. The average molecular weight is 247 g/mol. The first kappa shape index (κ1) is 12.9. The Morgan fingerprint density at radius 3 is 2.72 bits per heavy atom. The Bertz CT molecular complexity index is 405. The fourth-order valence-electron chi connectivity index (χ4n) is 2.32. The molecule has 1 aliphatic rings. The van der Waals surface area contributed by atoms with E-state index in [4.69, 9.17) is 0 Å². The molecule has 0 bridgehead atoms. The summed E-state index contributed by atoms with van der Waals surface area (Å²) in [6.07, 6.45) is 1.02. The molecule has 1 saturated heterocycles. The largest absolute Gasteiger partial charge is 0.376 e. The number of hydrogen-bond donors (Lipinski definition) is 3. The predicted octanol–water partition coefficient (Wildman–Crippen LogP) is 1.19. The van der Waals surface area contributed by atoms with Gasteiger partial charge in [0.2, 0.25) is 5.91 Å². The van der Waals surface area contributed by atoms with Crippen LogP contribution in [-0.4, -0.2) is 31.6 Å². The molecule has 4 nitrogen and oxygen atoms in total. The van der Waals surface area contributed by atoms with E-state index in [9.17, 15) is 4.79 Å². The third kappa shape index (κ3) is 3.23. The number of rotatable bonds is 4. The predicted molar refractivity (Wildman–Crippen MR) is 73.8 cm³/mol. The molecule has 98 valence electrons. The van der Waals surface area contributed by atoms with Gasteiger partial charge in [0.25, 0.3) is 0 Å². The van der Waals surface area contributed by atoms with Crippen LogP contribution in [0.5, 0.6) is 0 Å². The highest BCUT2D eigenvalue weighted by molar-refractivity contribution is 5.81. The fourth-order valence-corrected chi connectivity index (χ4v) is 2.32. The molecule has 1 atom stereocenters. The number of anilines is 1. The second-order valence-corrected chi connectivity index (χ2v) is 4.88. The van der Waals surface area contributed by atoms with Crippen molar-refractivity contribution >= 4 is 11.6 Å². The Balaban J connectivity index is 1.85. The van der Waals surface area contributed by atoms with Crippen LogP contribution < -0.4 is 16.0 Å². The van der Waals surface area contributed by atoms with Gasteiger partial charge in [-0.3, -0.25) is 4.79 Å². The summed E-state index contributed by atoms with van der Waals surface area (Å²) in [5.74, 6) is 0.0614. The van der Waals surface area contributed by atoms with Gasteiger partial charge in [0.15, 0.2) is 0 Å². The number of amides is 1. The minimum atomic E-state index is 0.0614. The summed E-state index contributed by atoms with van der Waals surface area (Å²) in [6, 6.07) is 6.42. The fraction of sp³-hybridized carbons (Fsp3) is 0.500. The van der Waals surface area contributed by atoms with Crippen LogP contribution >= 0.6 is 0 Å². The van der Waals surface area contributed by atoms with Crippen LogP contribution in [-0.2, 0) is 4.79 Å². The van der Waals surface area contributed by atoms with Gasteiger partial charge in [0, 0.05) is 18.3 Å². The van der Waals surface area contributed by atoms with Crippen molar-refractivity contribution in [1.82, 2.24) is 10.6 Å². The van der Waals surface area contributed by atoms with Crippen LogP contribution in [0.2, 0.25) is 0 Å². The van der Waals surface area contributed by atoms with Gasteiger partial charge in [-0.1, -0.05) is 18.2 Å². The third-order valence-corrected chi connectivity index (χ3v) is 3.33. The van der Waals surface area contributed by atoms with Crippen LogP contribution in [0.3, 0.4) is 0 Å². The van der Waals surface area contributed by atoms with Gasteiger partial charge < -0.3 is 16.0 Å². The van der Waals surface area contributed by atoms with Crippen LogP contribution in [0.1, 0.15) is 17.5 Å². The Kier molecular flexibility index (Phi) is 4.20. The quantitative estimate of drug-likeness (QED) is 0.749. The molecule has 0 aromatic heterocycles. The second kappa shape index (κ2) is 5.87. The van der Waals surface area contributed by atoms with E-state index in [2.05, 4.69) is 16.0 Å². The van der Waals surface area contributed by atoms with Gasteiger partial charge in [-0.15, -0.1) is 0 Å². The lowest BCUT2D eigenvalue weighted by Gasteiger charge is -2.14. The monoisotopic (exact) mass is 247 g/mol. The minimum absolute atomic E-state index is 0.0614. The van der Waals surface area contributed by atoms with Crippen LogP contribution in [0.15, 0.2) is 18.2 Å². The van der Waals surface area contributed by atoms with Crippen molar-refractivity contribution in [3.8, 4) is 0 Å². The average Bonchev–Trinajstić information content (AvgIpc) is 2.81. The zero-order chi connectivity index (χ0) is 13.0. The van der Waals surface area contributed by atoms with E-state index < -0.39 is 0 Å². The summed E-state index contributed by atoms with van der Waals surface area (Å²) in [7, 11) is 0. The first-order valence-electron chi connectivity index (χ1n) is 6.47. The molecule has 1 aromatic carbocycles. The highest BCUT2D eigenvalue weighted by Crippen LogP contribution is 2.18. The number of para-hydroxylation sites is 1. The number of carbonyl (C=O) groups excluding carboxylic acids is 1. The highest BCUT2D eigenvalue weighted by Gasteiger charge is 2.16. The van der Waals surface area contributed by atoms with E-state index in [1.54, 1.807) is 0 Å². The van der Waals surface area contributed by atoms with Crippen molar-refractivity contribution < 1.29 is 4.79 Å². The molecule has 1 fully saturated rings. The lowest BCUT2D eigenvalue weighted by atomic mass is 10.1.